The van der Waals surface area contributed by atoms with Gasteiger partial charge in [-0.25, -0.2) is 0 Å². The second-order valence-electron chi connectivity index (χ2n) is 10.6. The highest BCUT2D eigenvalue weighted by molar-refractivity contribution is 5.30. The number of hydrogen-bond donors (Lipinski definition) is 6. The van der Waals surface area contributed by atoms with Gasteiger partial charge in [0.15, 0.2) is 0 Å². The van der Waals surface area contributed by atoms with Crippen molar-refractivity contribution in [1.29, 1.82) is 0 Å². The molecular weight excluding hydrogens is 348 g/mol. The maximum absolute atomic E-state index is 12.0. The lowest BCUT2D eigenvalue weighted by atomic mass is 9.40. The third-order valence-electron chi connectivity index (χ3n) is 9.91. The van der Waals surface area contributed by atoms with Crippen LogP contribution in [0.25, 0.3) is 0 Å². The molecule has 0 heterocycles. The van der Waals surface area contributed by atoms with E-state index in [0.29, 0.717) is 25.7 Å². The summed E-state index contributed by atoms with van der Waals surface area (Å²) in [6.45, 7) is 5.25. The lowest BCUT2D eigenvalue weighted by Crippen LogP contribution is -2.79. The molecule has 0 aliphatic heterocycles. The van der Waals surface area contributed by atoms with Crippen molar-refractivity contribution in [2.45, 2.75) is 107 Å². The van der Waals surface area contributed by atoms with Crippen molar-refractivity contribution in [3.05, 3.63) is 0 Å². The smallest absolute Gasteiger partial charge is 0.104 e. The molecule has 6 N–H and O–H groups in total. The second-order valence-corrected chi connectivity index (χ2v) is 10.6. The lowest BCUT2D eigenvalue weighted by molar-refractivity contribution is -0.341. The van der Waals surface area contributed by atoms with Crippen molar-refractivity contribution in [1.82, 2.24) is 0 Å². The largest absolute Gasteiger partial charge is 0.393 e. The summed E-state index contributed by atoms with van der Waals surface area (Å²) < 4.78 is 0. The van der Waals surface area contributed by atoms with Crippen molar-refractivity contribution in [2.75, 3.05) is 0 Å². The first-order chi connectivity index (χ1) is 12.4. The number of aliphatic hydroxyl groups is 6. The maximum atomic E-state index is 12.0. The predicted molar refractivity (Wildman–Crippen MR) is 98.7 cm³/mol. The van der Waals surface area contributed by atoms with Gasteiger partial charge in [-0.3, -0.25) is 0 Å². The Bertz CT molecular complexity index is 626. The van der Waals surface area contributed by atoms with Gasteiger partial charge in [-0.1, -0.05) is 13.8 Å². The summed E-state index contributed by atoms with van der Waals surface area (Å²) in [5.74, 6) is -0.0515. The molecule has 0 radical (unpaired) electrons. The van der Waals surface area contributed by atoms with Crippen LogP contribution >= 0.6 is 0 Å². The summed E-state index contributed by atoms with van der Waals surface area (Å²) in [7, 11) is 0. The van der Waals surface area contributed by atoms with E-state index in [0.717, 1.165) is 6.42 Å². The van der Waals surface area contributed by atoms with Gasteiger partial charge in [-0.05, 0) is 75.5 Å². The summed E-state index contributed by atoms with van der Waals surface area (Å²) in [6, 6.07) is 0. The van der Waals surface area contributed by atoms with Crippen LogP contribution in [0.15, 0.2) is 0 Å². The lowest BCUT2D eigenvalue weighted by Gasteiger charge is -2.69. The Morgan fingerprint density at radius 2 is 1.56 bits per heavy atom. The molecule has 4 fully saturated rings. The first-order valence-electron chi connectivity index (χ1n) is 10.6. The molecule has 6 nitrogen and oxygen atoms in total. The van der Waals surface area contributed by atoms with E-state index in [4.69, 9.17) is 0 Å². The highest BCUT2D eigenvalue weighted by atomic mass is 16.4. The van der Waals surface area contributed by atoms with Crippen LogP contribution in [0, 0.1) is 22.7 Å². The first-order valence-corrected chi connectivity index (χ1v) is 10.6. The molecule has 0 saturated heterocycles. The number of rotatable bonds is 1. The van der Waals surface area contributed by atoms with Crippen LogP contribution in [0.1, 0.15) is 72.1 Å². The third kappa shape index (κ3) is 2.07. The SMILES string of the molecule is C[C@H](O)[C@]1(O)CC[C@@]2(O)[C@]1(C)[C@H](O)C[C@@H]1[C@@]3(C)CC[C@H](O)C[C@@H]3CC[C@]12O. The average molecular weight is 385 g/mol. The fourth-order valence-corrected chi connectivity index (χ4v) is 7.96. The van der Waals surface area contributed by atoms with Gasteiger partial charge >= 0.3 is 0 Å². The van der Waals surface area contributed by atoms with Gasteiger partial charge in [-0.2, -0.15) is 0 Å². The van der Waals surface area contributed by atoms with E-state index < -0.39 is 34.4 Å². The Kier molecular flexibility index (Phi) is 4.21. The molecule has 10 atom stereocenters. The Morgan fingerprint density at radius 3 is 2.19 bits per heavy atom. The molecular formula is C21H36O6. The maximum Gasteiger partial charge on any atom is 0.104 e. The predicted octanol–water partition coefficient (Wildman–Crippen LogP) is 0.702. The zero-order valence-corrected chi connectivity index (χ0v) is 16.7. The third-order valence-corrected chi connectivity index (χ3v) is 9.91. The average Bonchev–Trinajstić information content (AvgIpc) is 2.83. The minimum absolute atomic E-state index is 0.141. The molecule has 27 heavy (non-hydrogen) atoms. The Hall–Kier alpha value is -0.240. The quantitative estimate of drug-likeness (QED) is 0.396. The van der Waals surface area contributed by atoms with Crippen molar-refractivity contribution >= 4 is 0 Å². The van der Waals surface area contributed by atoms with Gasteiger partial charge in [0.2, 0.25) is 0 Å². The Labute approximate surface area is 161 Å². The van der Waals surface area contributed by atoms with E-state index in [1.54, 1.807) is 6.92 Å². The van der Waals surface area contributed by atoms with Gasteiger partial charge in [0, 0.05) is 0 Å². The summed E-state index contributed by atoms with van der Waals surface area (Å²) in [6.07, 6.45) is 1.33. The molecule has 4 aliphatic rings. The highest BCUT2D eigenvalue weighted by Crippen LogP contribution is 2.71. The summed E-state index contributed by atoms with van der Waals surface area (Å²) in [5, 5.41) is 66.8. The topological polar surface area (TPSA) is 121 Å². The standard InChI is InChI=1S/C21H36O6/c1-12(22)19(25)8-9-21(27)18(19,3)16(24)11-15-17(2)6-5-14(23)10-13(17)4-7-20(15,21)26/h12-16,22-27H,4-11H2,1-3H3/t12-,13-,14-,15+,16+,17-,18+,19+,20-,21+/m0/s1. The van der Waals surface area contributed by atoms with Crippen molar-refractivity contribution in [3.63, 3.8) is 0 Å². The van der Waals surface area contributed by atoms with Gasteiger partial charge in [0.05, 0.1) is 29.3 Å². The number of fused-ring (bicyclic) bond motifs is 5. The fourth-order valence-electron chi connectivity index (χ4n) is 7.96. The summed E-state index contributed by atoms with van der Waals surface area (Å²) in [5.41, 5.74) is -6.42. The molecule has 4 saturated carbocycles. The zero-order chi connectivity index (χ0) is 20.0. The molecule has 0 spiro atoms. The van der Waals surface area contributed by atoms with Crippen LogP contribution in [0.4, 0.5) is 0 Å². The van der Waals surface area contributed by atoms with E-state index in [-0.39, 0.29) is 42.6 Å². The summed E-state index contributed by atoms with van der Waals surface area (Å²) in [4.78, 5) is 0. The van der Waals surface area contributed by atoms with Crippen LogP contribution in [-0.4, -0.2) is 65.8 Å². The van der Waals surface area contributed by atoms with Crippen LogP contribution in [-0.2, 0) is 0 Å². The molecule has 0 bridgehead atoms. The van der Waals surface area contributed by atoms with Gasteiger partial charge < -0.3 is 30.6 Å². The van der Waals surface area contributed by atoms with Crippen LogP contribution in [0.2, 0.25) is 0 Å². The first kappa shape index (κ1) is 20.0. The van der Waals surface area contributed by atoms with Crippen LogP contribution in [0.3, 0.4) is 0 Å². The van der Waals surface area contributed by atoms with Gasteiger partial charge in [0.25, 0.3) is 0 Å². The van der Waals surface area contributed by atoms with E-state index in [1.165, 1.54) is 6.92 Å². The molecule has 4 rings (SSSR count). The molecule has 0 aromatic heterocycles. The molecule has 0 aromatic carbocycles. The second kappa shape index (κ2) is 5.67. The molecule has 0 unspecified atom stereocenters. The number of aliphatic hydroxyl groups excluding tert-OH is 3. The normalized spacial score (nSPS) is 61.7. The van der Waals surface area contributed by atoms with E-state index in [2.05, 4.69) is 6.92 Å². The van der Waals surface area contributed by atoms with E-state index in [1.807, 2.05) is 0 Å². The molecule has 6 heteroatoms. The molecule has 0 amide bonds. The zero-order valence-electron chi connectivity index (χ0n) is 16.7. The van der Waals surface area contributed by atoms with Gasteiger partial charge in [-0.15, -0.1) is 0 Å². The van der Waals surface area contributed by atoms with Crippen LogP contribution < -0.4 is 0 Å². The molecule has 4 aliphatic carbocycles. The van der Waals surface area contributed by atoms with Crippen molar-refractivity contribution < 1.29 is 30.6 Å². The van der Waals surface area contributed by atoms with E-state index in [9.17, 15) is 30.6 Å². The Balaban J connectivity index is 1.81. The van der Waals surface area contributed by atoms with Gasteiger partial charge in [0.1, 0.15) is 11.2 Å². The molecule has 0 aromatic rings. The summed E-state index contributed by atoms with van der Waals surface area (Å²) >= 11 is 0. The molecule has 156 valence electrons. The minimum Gasteiger partial charge on any atom is -0.393 e. The monoisotopic (exact) mass is 384 g/mol. The highest BCUT2D eigenvalue weighted by Gasteiger charge is 2.80. The number of hydrogen-bond acceptors (Lipinski definition) is 6. The van der Waals surface area contributed by atoms with Crippen LogP contribution in [0.5, 0.6) is 0 Å². The minimum atomic E-state index is -1.67. The van der Waals surface area contributed by atoms with Crippen molar-refractivity contribution in [2.24, 2.45) is 22.7 Å². The van der Waals surface area contributed by atoms with Crippen molar-refractivity contribution in [3.8, 4) is 0 Å². The fraction of sp³-hybridized carbons (Fsp3) is 1.00. The van der Waals surface area contributed by atoms with E-state index >= 15 is 0 Å². The Morgan fingerprint density at radius 1 is 0.889 bits per heavy atom.